The van der Waals surface area contributed by atoms with Gasteiger partial charge in [-0.1, -0.05) is 66.7 Å². The van der Waals surface area contributed by atoms with Gasteiger partial charge >= 0.3 is 0 Å². The number of thioether (sulfide) groups is 1. The molecular formula is C41H35N5O5S2. The van der Waals surface area contributed by atoms with Crippen LogP contribution in [0.1, 0.15) is 49.7 Å². The second-order valence-electron chi connectivity index (χ2n) is 12.0. The maximum absolute atomic E-state index is 14.0. The van der Waals surface area contributed by atoms with Crippen molar-refractivity contribution in [2.75, 3.05) is 24.3 Å². The lowest BCUT2D eigenvalue weighted by molar-refractivity contribution is -0.129. The second kappa shape index (κ2) is 16.9. The molecule has 1 unspecified atom stereocenters. The van der Waals surface area contributed by atoms with Crippen LogP contribution in [0.4, 0.5) is 10.7 Å². The maximum Gasteiger partial charge on any atom is 0.272 e. The minimum atomic E-state index is -0.713. The lowest BCUT2D eigenvalue weighted by Crippen LogP contribution is -2.33. The van der Waals surface area contributed by atoms with E-state index in [1.165, 1.54) is 30.0 Å². The Hall–Kier alpha value is -6.16. The number of carbonyl (C=O) groups excluding carboxylic acids is 4. The molecule has 4 aromatic carbocycles. The van der Waals surface area contributed by atoms with Crippen molar-refractivity contribution in [3.8, 4) is 11.8 Å². The van der Waals surface area contributed by atoms with Gasteiger partial charge in [-0.05, 0) is 71.7 Å². The Bertz CT molecular complexity index is 2230. The van der Waals surface area contributed by atoms with Crippen molar-refractivity contribution >= 4 is 63.5 Å². The summed E-state index contributed by atoms with van der Waals surface area (Å²) in [7, 11) is 1.55. The lowest BCUT2D eigenvalue weighted by atomic mass is 10.0. The van der Waals surface area contributed by atoms with Gasteiger partial charge in [-0.25, -0.2) is 0 Å². The first-order valence-electron chi connectivity index (χ1n) is 16.7. The molecule has 2 heterocycles. The third-order valence-corrected chi connectivity index (χ3v) is 10.9. The Kier molecular flexibility index (Phi) is 11.7. The van der Waals surface area contributed by atoms with E-state index in [0.717, 1.165) is 16.0 Å². The normalized spacial score (nSPS) is 12.8. The molecule has 53 heavy (non-hydrogen) atoms. The van der Waals surface area contributed by atoms with Gasteiger partial charge in [0.1, 0.15) is 27.8 Å². The van der Waals surface area contributed by atoms with E-state index >= 15 is 0 Å². The van der Waals surface area contributed by atoms with Crippen LogP contribution >= 0.6 is 23.1 Å². The van der Waals surface area contributed by atoms with Crippen LogP contribution in [0.25, 0.3) is 6.08 Å². The van der Waals surface area contributed by atoms with Crippen molar-refractivity contribution in [3.63, 3.8) is 0 Å². The number of carbonyl (C=O) groups is 4. The third-order valence-electron chi connectivity index (χ3n) is 8.47. The molecule has 3 N–H and O–H groups in total. The van der Waals surface area contributed by atoms with Gasteiger partial charge in [0.2, 0.25) is 11.8 Å². The number of nitrogens with zero attached hydrogens (tertiary/aromatic N) is 2. The first-order valence-corrected chi connectivity index (χ1v) is 18.4. The molecule has 5 aromatic rings. The van der Waals surface area contributed by atoms with E-state index in [2.05, 4.69) is 22.0 Å². The smallest absolute Gasteiger partial charge is 0.272 e. The number of fused-ring (bicyclic) bond motifs is 1. The van der Waals surface area contributed by atoms with E-state index in [4.69, 9.17) is 4.74 Å². The number of thiophene rings is 1. The Balaban J connectivity index is 1.24. The minimum Gasteiger partial charge on any atom is -0.497 e. The number of anilines is 2. The summed E-state index contributed by atoms with van der Waals surface area (Å²) in [6.45, 7) is 2.45. The molecule has 0 spiro atoms. The molecule has 10 nitrogen and oxygen atoms in total. The maximum atomic E-state index is 14.0. The quantitative estimate of drug-likeness (QED) is 0.0946. The Morgan fingerprint density at radius 3 is 2.38 bits per heavy atom. The number of hydrogen-bond donors (Lipinski definition) is 3. The van der Waals surface area contributed by atoms with Crippen molar-refractivity contribution in [2.45, 2.75) is 30.0 Å². The SMILES string of the molecule is COc1cccc(/C=C(\NC(=O)c2ccccc2)C(=O)Nc2cccc(SC(C(=O)Nc3sc4c(c3C#N)CCN(C(C)=O)C4)c3ccccc3)c2)c1. The van der Waals surface area contributed by atoms with Crippen molar-refractivity contribution in [1.82, 2.24) is 10.2 Å². The number of ether oxygens (including phenoxy) is 1. The zero-order valence-corrected chi connectivity index (χ0v) is 30.6. The number of methoxy groups -OCH3 is 1. The van der Waals surface area contributed by atoms with Crippen LogP contribution in [0.15, 0.2) is 120 Å². The molecule has 266 valence electrons. The summed E-state index contributed by atoms with van der Waals surface area (Å²) in [6, 6.07) is 34.4. The van der Waals surface area contributed by atoms with Gasteiger partial charge in [0.05, 0.1) is 19.2 Å². The fourth-order valence-corrected chi connectivity index (χ4v) is 8.08. The third kappa shape index (κ3) is 9.02. The summed E-state index contributed by atoms with van der Waals surface area (Å²) in [5, 5.41) is 18.5. The van der Waals surface area contributed by atoms with Crippen LogP contribution in [0.5, 0.6) is 5.75 Å². The highest BCUT2D eigenvalue weighted by Crippen LogP contribution is 2.40. The zero-order valence-electron chi connectivity index (χ0n) is 28.9. The first-order chi connectivity index (χ1) is 25.7. The lowest BCUT2D eigenvalue weighted by Gasteiger charge is -2.25. The molecule has 0 radical (unpaired) electrons. The van der Waals surface area contributed by atoms with Gasteiger partial charge in [-0.15, -0.1) is 23.1 Å². The number of rotatable bonds is 11. The molecule has 1 aliphatic heterocycles. The van der Waals surface area contributed by atoms with E-state index in [1.807, 2.05) is 36.4 Å². The van der Waals surface area contributed by atoms with E-state index in [0.29, 0.717) is 57.5 Å². The second-order valence-corrected chi connectivity index (χ2v) is 14.3. The Labute approximate surface area is 315 Å². The fourth-order valence-electron chi connectivity index (χ4n) is 5.78. The predicted octanol–water partition coefficient (Wildman–Crippen LogP) is 7.41. The van der Waals surface area contributed by atoms with E-state index in [-0.39, 0.29) is 17.5 Å². The van der Waals surface area contributed by atoms with Crippen molar-refractivity contribution in [1.29, 1.82) is 5.26 Å². The van der Waals surface area contributed by atoms with Gasteiger partial charge < -0.3 is 25.6 Å². The van der Waals surface area contributed by atoms with Crippen molar-refractivity contribution in [3.05, 3.63) is 148 Å². The molecule has 1 atom stereocenters. The highest BCUT2D eigenvalue weighted by Gasteiger charge is 2.29. The van der Waals surface area contributed by atoms with Crippen LogP contribution in [-0.4, -0.2) is 42.2 Å². The molecule has 6 rings (SSSR count). The average Bonchev–Trinajstić information content (AvgIpc) is 3.53. The van der Waals surface area contributed by atoms with Crippen LogP contribution in [0.3, 0.4) is 0 Å². The van der Waals surface area contributed by atoms with Gasteiger partial charge in [-0.2, -0.15) is 5.26 Å². The van der Waals surface area contributed by atoms with Gasteiger partial charge in [0.15, 0.2) is 0 Å². The van der Waals surface area contributed by atoms with Gasteiger partial charge in [0, 0.05) is 34.5 Å². The first kappa shape index (κ1) is 36.6. The summed E-state index contributed by atoms with van der Waals surface area (Å²) in [5.74, 6) is -0.755. The number of hydrogen-bond acceptors (Lipinski definition) is 8. The molecule has 0 fully saturated rings. The molecule has 0 saturated heterocycles. The predicted molar refractivity (Wildman–Crippen MR) is 207 cm³/mol. The monoisotopic (exact) mass is 741 g/mol. The Morgan fingerprint density at radius 1 is 0.925 bits per heavy atom. The molecule has 0 saturated carbocycles. The molecule has 0 aliphatic carbocycles. The molecule has 12 heteroatoms. The minimum absolute atomic E-state index is 0.0186. The summed E-state index contributed by atoms with van der Waals surface area (Å²) >= 11 is 2.62. The van der Waals surface area contributed by atoms with Crippen LogP contribution in [-0.2, 0) is 27.3 Å². The van der Waals surface area contributed by atoms with Crippen LogP contribution < -0.4 is 20.7 Å². The molecule has 4 amide bonds. The summed E-state index contributed by atoms with van der Waals surface area (Å²) in [5.41, 5.74) is 3.56. The highest BCUT2D eigenvalue weighted by molar-refractivity contribution is 8.00. The van der Waals surface area contributed by atoms with E-state index in [9.17, 15) is 24.4 Å². The highest BCUT2D eigenvalue weighted by atomic mass is 32.2. The largest absolute Gasteiger partial charge is 0.497 e. The molecular weight excluding hydrogens is 707 g/mol. The van der Waals surface area contributed by atoms with Gasteiger partial charge in [0.25, 0.3) is 11.8 Å². The summed E-state index contributed by atoms with van der Waals surface area (Å²) < 4.78 is 5.34. The van der Waals surface area contributed by atoms with Crippen molar-refractivity contribution in [2.24, 2.45) is 0 Å². The number of amides is 4. The standard InChI is InChI=1S/C41H35N5O5S2/c1-26(47)46-20-19-33-34(24-42)41(53-36(33)25-46)45-40(50)37(28-12-5-3-6-13-28)52-32-18-10-16-30(23-32)43-39(49)35(22-27-11-9-17-31(21-27)51-2)44-38(48)29-14-7-4-8-15-29/h3-18,21-23,37H,19-20,25H2,1-2H3,(H,43,49)(H,44,48)(H,45,50)/b35-22-. The van der Waals surface area contributed by atoms with E-state index < -0.39 is 17.1 Å². The topological polar surface area (TPSA) is 141 Å². The summed E-state index contributed by atoms with van der Waals surface area (Å²) in [4.78, 5) is 56.3. The number of nitrogens with one attached hydrogen (secondary N) is 3. The molecule has 1 aromatic heterocycles. The average molecular weight is 742 g/mol. The van der Waals surface area contributed by atoms with Gasteiger partial charge in [-0.3, -0.25) is 19.2 Å². The molecule has 1 aliphatic rings. The van der Waals surface area contributed by atoms with Crippen LogP contribution in [0.2, 0.25) is 0 Å². The van der Waals surface area contributed by atoms with Crippen LogP contribution in [0, 0.1) is 11.3 Å². The zero-order chi connectivity index (χ0) is 37.3. The number of benzene rings is 4. The fraction of sp³-hybridized carbons (Fsp3) is 0.146. The Morgan fingerprint density at radius 2 is 1.66 bits per heavy atom. The molecule has 0 bridgehead atoms. The summed E-state index contributed by atoms with van der Waals surface area (Å²) in [6.07, 6.45) is 2.12. The van der Waals surface area contributed by atoms with Crippen molar-refractivity contribution < 1.29 is 23.9 Å². The van der Waals surface area contributed by atoms with E-state index in [1.54, 1.807) is 90.9 Å². The number of nitriles is 1.